The van der Waals surface area contributed by atoms with E-state index < -0.39 is 5.41 Å². The zero-order chi connectivity index (χ0) is 19.4. The van der Waals surface area contributed by atoms with Crippen LogP contribution in [0.5, 0.6) is 5.88 Å². The molecule has 1 aromatic carbocycles. The Labute approximate surface area is 169 Å². The summed E-state index contributed by atoms with van der Waals surface area (Å²) in [5.74, 6) is 2.67. The van der Waals surface area contributed by atoms with Crippen molar-refractivity contribution < 1.29 is 9.53 Å². The van der Waals surface area contributed by atoms with E-state index in [1.807, 2.05) is 47.0 Å². The Morgan fingerprint density at radius 2 is 2.00 bits per heavy atom. The average Bonchev–Trinajstić information content (AvgIpc) is 3.27. The van der Waals surface area contributed by atoms with E-state index in [9.17, 15) is 10.1 Å². The molecule has 2 aliphatic rings. The Hall–Kier alpha value is -2.52. The lowest BCUT2D eigenvalue weighted by molar-refractivity contribution is 0.0691. The molecular weight excluding hydrogens is 370 g/mol. The van der Waals surface area contributed by atoms with E-state index in [0.29, 0.717) is 37.4 Å². The summed E-state index contributed by atoms with van der Waals surface area (Å²) >= 11 is 1.89. The number of carbonyl (C=O) groups is 1. The second kappa shape index (κ2) is 8.24. The predicted octanol–water partition coefficient (Wildman–Crippen LogP) is 3.66. The molecule has 0 bridgehead atoms. The molecule has 4 rings (SSSR count). The van der Waals surface area contributed by atoms with Crippen molar-refractivity contribution >= 4 is 17.7 Å². The van der Waals surface area contributed by atoms with Gasteiger partial charge >= 0.3 is 0 Å². The zero-order valence-corrected chi connectivity index (χ0v) is 16.5. The molecule has 2 aromatic rings. The fraction of sp³-hybridized carbons (Fsp3) is 0.409. The average molecular weight is 394 g/mol. The number of hydrogen-bond acceptors (Lipinski definition) is 5. The maximum absolute atomic E-state index is 12.9. The number of nitriles is 1. The molecule has 28 heavy (non-hydrogen) atoms. The maximum atomic E-state index is 12.9. The van der Waals surface area contributed by atoms with E-state index in [1.165, 1.54) is 0 Å². The van der Waals surface area contributed by atoms with Gasteiger partial charge in [-0.15, -0.1) is 0 Å². The van der Waals surface area contributed by atoms with Gasteiger partial charge in [-0.2, -0.15) is 17.0 Å². The molecule has 0 aliphatic carbocycles. The molecule has 3 heterocycles. The molecule has 2 fully saturated rings. The van der Waals surface area contributed by atoms with Gasteiger partial charge in [0.2, 0.25) is 5.88 Å². The lowest BCUT2D eigenvalue weighted by Crippen LogP contribution is -2.44. The monoisotopic (exact) mass is 393 g/mol. The molecule has 1 amide bonds. The van der Waals surface area contributed by atoms with Crippen molar-refractivity contribution in [3.05, 3.63) is 59.8 Å². The summed E-state index contributed by atoms with van der Waals surface area (Å²) in [7, 11) is 0. The summed E-state index contributed by atoms with van der Waals surface area (Å²) in [5, 5.41) is 9.81. The van der Waals surface area contributed by atoms with Crippen LogP contribution in [0.4, 0.5) is 0 Å². The number of pyridine rings is 1. The van der Waals surface area contributed by atoms with Crippen LogP contribution in [0.25, 0.3) is 0 Å². The zero-order valence-electron chi connectivity index (χ0n) is 15.7. The van der Waals surface area contributed by atoms with Crippen molar-refractivity contribution in [2.75, 3.05) is 24.6 Å². The first-order chi connectivity index (χ1) is 13.7. The Kier molecular flexibility index (Phi) is 5.54. The molecule has 6 heteroatoms. The van der Waals surface area contributed by atoms with Crippen LogP contribution in [0, 0.1) is 11.3 Å². The number of amides is 1. The van der Waals surface area contributed by atoms with Gasteiger partial charge in [0.05, 0.1) is 17.0 Å². The van der Waals surface area contributed by atoms with Crippen LogP contribution in [0.1, 0.15) is 35.2 Å². The minimum Gasteiger partial charge on any atom is -0.473 e. The van der Waals surface area contributed by atoms with E-state index in [0.717, 1.165) is 23.5 Å². The molecule has 0 radical (unpaired) electrons. The number of aromatic nitrogens is 1. The smallest absolute Gasteiger partial charge is 0.255 e. The Bertz CT molecular complexity index is 850. The molecule has 0 N–H and O–H groups in total. The van der Waals surface area contributed by atoms with Gasteiger partial charge in [-0.3, -0.25) is 4.79 Å². The fourth-order valence-corrected chi connectivity index (χ4v) is 4.94. The summed E-state index contributed by atoms with van der Waals surface area (Å²) < 4.78 is 5.85. The highest BCUT2D eigenvalue weighted by Crippen LogP contribution is 2.35. The SMILES string of the molecule is N#CC1(c2ccccc2)CCN(C(=O)c2ccc(OC3CCSC3)nc2)CC1. The van der Waals surface area contributed by atoms with Crippen LogP contribution in [-0.2, 0) is 5.41 Å². The summed E-state index contributed by atoms with van der Waals surface area (Å²) in [6.45, 7) is 1.14. The fourth-order valence-electron chi connectivity index (χ4n) is 3.85. The number of rotatable bonds is 4. The molecule has 1 aromatic heterocycles. The van der Waals surface area contributed by atoms with Crippen molar-refractivity contribution in [3.63, 3.8) is 0 Å². The second-order valence-electron chi connectivity index (χ2n) is 7.34. The van der Waals surface area contributed by atoms with Gasteiger partial charge in [0.25, 0.3) is 5.91 Å². The van der Waals surface area contributed by atoms with E-state index >= 15 is 0 Å². The maximum Gasteiger partial charge on any atom is 0.255 e. The third-order valence-corrected chi connectivity index (χ3v) is 6.74. The standard InChI is InChI=1S/C22H23N3O2S/c23-16-22(18-4-2-1-3-5-18)9-11-25(12-10-22)21(26)17-6-7-20(24-14-17)27-19-8-13-28-15-19/h1-7,14,19H,8-13,15H2. The van der Waals surface area contributed by atoms with Crippen LogP contribution in [-0.4, -0.2) is 46.5 Å². The number of thioether (sulfide) groups is 1. The molecule has 1 unspecified atom stereocenters. The largest absolute Gasteiger partial charge is 0.473 e. The molecule has 0 saturated carbocycles. The van der Waals surface area contributed by atoms with E-state index in [2.05, 4.69) is 11.1 Å². The number of ether oxygens (including phenoxy) is 1. The van der Waals surface area contributed by atoms with Crippen molar-refractivity contribution in [2.24, 2.45) is 0 Å². The van der Waals surface area contributed by atoms with Gasteiger partial charge in [-0.05, 0) is 36.6 Å². The van der Waals surface area contributed by atoms with Crippen molar-refractivity contribution in [1.29, 1.82) is 5.26 Å². The Morgan fingerprint density at radius 3 is 2.61 bits per heavy atom. The van der Waals surface area contributed by atoms with Crippen LogP contribution < -0.4 is 4.74 Å². The molecule has 2 saturated heterocycles. The van der Waals surface area contributed by atoms with Crippen molar-refractivity contribution in [2.45, 2.75) is 30.8 Å². The minimum absolute atomic E-state index is 0.0323. The van der Waals surface area contributed by atoms with Gasteiger partial charge in [0.1, 0.15) is 6.10 Å². The van der Waals surface area contributed by atoms with E-state index in [1.54, 1.807) is 18.3 Å². The number of nitrogens with zero attached hydrogens (tertiary/aromatic N) is 3. The second-order valence-corrected chi connectivity index (χ2v) is 8.49. The number of likely N-dealkylation sites (tertiary alicyclic amines) is 1. The molecule has 5 nitrogen and oxygen atoms in total. The van der Waals surface area contributed by atoms with Gasteiger partial charge in [-0.1, -0.05) is 30.3 Å². The number of carbonyl (C=O) groups excluding carboxylic acids is 1. The summed E-state index contributed by atoms with van der Waals surface area (Å²) in [6.07, 6.45) is 4.16. The number of benzene rings is 1. The first-order valence-electron chi connectivity index (χ1n) is 9.67. The molecule has 2 aliphatic heterocycles. The molecule has 1 atom stereocenters. The normalized spacial score (nSPS) is 21.1. The number of hydrogen-bond donors (Lipinski definition) is 0. The van der Waals surface area contributed by atoms with Crippen molar-refractivity contribution in [1.82, 2.24) is 9.88 Å². The lowest BCUT2D eigenvalue weighted by Gasteiger charge is -2.37. The van der Waals surface area contributed by atoms with Crippen LogP contribution in [0.3, 0.4) is 0 Å². The summed E-state index contributed by atoms with van der Waals surface area (Å²) in [4.78, 5) is 19.0. The third kappa shape index (κ3) is 3.85. The van der Waals surface area contributed by atoms with Gasteiger partial charge in [0.15, 0.2) is 0 Å². The number of piperidine rings is 1. The lowest BCUT2D eigenvalue weighted by atomic mass is 9.74. The van der Waals surface area contributed by atoms with Gasteiger partial charge in [-0.25, -0.2) is 4.98 Å². The molecular formula is C22H23N3O2S. The third-order valence-electron chi connectivity index (χ3n) is 5.60. The molecule has 144 valence electrons. The highest BCUT2D eigenvalue weighted by atomic mass is 32.2. The quantitative estimate of drug-likeness (QED) is 0.793. The topological polar surface area (TPSA) is 66.2 Å². The van der Waals surface area contributed by atoms with E-state index in [-0.39, 0.29) is 12.0 Å². The Morgan fingerprint density at radius 1 is 1.21 bits per heavy atom. The highest BCUT2D eigenvalue weighted by Gasteiger charge is 2.37. The first-order valence-corrected chi connectivity index (χ1v) is 10.8. The first kappa shape index (κ1) is 18.8. The summed E-state index contributed by atoms with van der Waals surface area (Å²) in [6, 6.07) is 16.0. The van der Waals surface area contributed by atoms with E-state index in [4.69, 9.17) is 4.74 Å². The molecule has 0 spiro atoms. The van der Waals surface area contributed by atoms with Crippen molar-refractivity contribution in [3.8, 4) is 11.9 Å². The van der Waals surface area contributed by atoms with Gasteiger partial charge in [0, 0.05) is 31.1 Å². The highest BCUT2D eigenvalue weighted by molar-refractivity contribution is 7.99. The van der Waals surface area contributed by atoms with Crippen LogP contribution in [0.2, 0.25) is 0 Å². The Balaban J connectivity index is 1.39. The minimum atomic E-state index is -0.507. The van der Waals surface area contributed by atoms with Crippen LogP contribution in [0.15, 0.2) is 48.7 Å². The summed E-state index contributed by atoms with van der Waals surface area (Å²) in [5.41, 5.74) is 1.10. The predicted molar refractivity (Wildman–Crippen MR) is 109 cm³/mol. The van der Waals surface area contributed by atoms with Crippen LogP contribution >= 0.6 is 11.8 Å². The van der Waals surface area contributed by atoms with Gasteiger partial charge < -0.3 is 9.64 Å².